The van der Waals surface area contributed by atoms with Gasteiger partial charge in [-0.05, 0) is 55.2 Å². The molecule has 2 N–H and O–H groups in total. The van der Waals surface area contributed by atoms with Crippen molar-refractivity contribution in [2.75, 3.05) is 13.7 Å². The van der Waals surface area contributed by atoms with E-state index in [4.69, 9.17) is 4.74 Å². The predicted octanol–water partition coefficient (Wildman–Crippen LogP) is 3.84. The SMILES string of the molecule is COCc1ccc(CCC2CCCC2NC2NCC(C)S2)cc1C. The number of nitrogens with one attached hydrogen (secondary N) is 2. The topological polar surface area (TPSA) is 33.3 Å². The van der Waals surface area contributed by atoms with E-state index in [-0.39, 0.29) is 0 Å². The summed E-state index contributed by atoms with van der Waals surface area (Å²) in [6, 6.07) is 7.56. The Morgan fingerprint density at radius 1 is 1.33 bits per heavy atom. The first kappa shape index (κ1) is 18.2. The zero-order valence-electron chi connectivity index (χ0n) is 15.3. The normalized spacial score (nSPS) is 30.1. The Balaban J connectivity index is 1.50. The molecule has 4 heteroatoms. The van der Waals surface area contributed by atoms with Gasteiger partial charge in [0.05, 0.1) is 6.61 Å². The molecular weight excluding hydrogens is 316 g/mol. The second-order valence-electron chi connectivity index (χ2n) is 7.43. The number of hydrogen-bond donors (Lipinski definition) is 2. The first-order valence-corrected chi connectivity index (χ1v) is 10.3. The zero-order chi connectivity index (χ0) is 16.9. The summed E-state index contributed by atoms with van der Waals surface area (Å²) in [7, 11) is 1.76. The van der Waals surface area contributed by atoms with E-state index >= 15 is 0 Å². The molecule has 4 atom stereocenters. The molecule has 1 aromatic carbocycles. The van der Waals surface area contributed by atoms with Crippen LogP contribution in [0.2, 0.25) is 0 Å². The van der Waals surface area contributed by atoms with E-state index in [0.29, 0.717) is 18.1 Å². The van der Waals surface area contributed by atoms with Gasteiger partial charge in [0.15, 0.2) is 0 Å². The third-order valence-corrected chi connectivity index (χ3v) is 6.70. The molecule has 0 aromatic heterocycles. The molecule has 1 heterocycles. The maximum Gasteiger partial charge on any atom is 0.106 e. The van der Waals surface area contributed by atoms with Gasteiger partial charge in [-0.25, -0.2) is 0 Å². The fourth-order valence-corrected chi connectivity index (χ4v) is 5.18. The van der Waals surface area contributed by atoms with E-state index in [1.165, 1.54) is 48.8 Å². The van der Waals surface area contributed by atoms with Gasteiger partial charge in [0.2, 0.25) is 0 Å². The molecule has 1 saturated carbocycles. The molecule has 134 valence electrons. The van der Waals surface area contributed by atoms with Gasteiger partial charge in [0.25, 0.3) is 0 Å². The Kier molecular flexibility index (Phi) is 6.62. The fraction of sp³-hybridized carbons (Fsp3) is 0.700. The van der Waals surface area contributed by atoms with Gasteiger partial charge in [-0.1, -0.05) is 31.5 Å². The summed E-state index contributed by atoms with van der Waals surface area (Å²) in [6.45, 7) is 6.35. The molecule has 1 aromatic rings. The summed E-state index contributed by atoms with van der Waals surface area (Å²) in [5, 5.41) is 8.19. The molecule has 0 amide bonds. The summed E-state index contributed by atoms with van der Waals surface area (Å²) in [4.78, 5) is 0. The number of methoxy groups -OCH3 is 1. The summed E-state index contributed by atoms with van der Waals surface area (Å²) in [5.41, 5.74) is 4.59. The smallest absolute Gasteiger partial charge is 0.106 e. The molecule has 2 fully saturated rings. The van der Waals surface area contributed by atoms with Gasteiger partial charge in [-0.15, -0.1) is 11.8 Å². The Morgan fingerprint density at radius 3 is 2.92 bits per heavy atom. The number of aryl methyl sites for hydroxylation is 2. The summed E-state index contributed by atoms with van der Waals surface area (Å²) >= 11 is 2.04. The van der Waals surface area contributed by atoms with Crippen molar-refractivity contribution >= 4 is 11.8 Å². The average Bonchev–Trinajstić information content (AvgIpc) is 3.17. The second-order valence-corrected chi connectivity index (χ2v) is 8.98. The van der Waals surface area contributed by atoms with Gasteiger partial charge in [-0.2, -0.15) is 0 Å². The monoisotopic (exact) mass is 348 g/mol. The van der Waals surface area contributed by atoms with E-state index in [1.54, 1.807) is 7.11 Å². The highest BCUT2D eigenvalue weighted by Gasteiger charge is 2.31. The lowest BCUT2D eigenvalue weighted by molar-refractivity contribution is 0.184. The van der Waals surface area contributed by atoms with Crippen molar-refractivity contribution in [3.63, 3.8) is 0 Å². The van der Waals surface area contributed by atoms with Crippen LogP contribution in [-0.4, -0.2) is 30.4 Å². The Labute approximate surface area is 151 Å². The van der Waals surface area contributed by atoms with Crippen molar-refractivity contribution in [1.82, 2.24) is 10.6 Å². The van der Waals surface area contributed by atoms with Gasteiger partial charge in [-0.3, -0.25) is 10.6 Å². The number of ether oxygens (including phenoxy) is 1. The Bertz CT molecular complexity index is 536. The minimum atomic E-state index is 0.459. The maximum absolute atomic E-state index is 5.26. The largest absolute Gasteiger partial charge is 0.380 e. The molecule has 1 saturated heterocycles. The molecule has 2 aliphatic rings. The zero-order valence-corrected chi connectivity index (χ0v) is 16.1. The van der Waals surface area contributed by atoms with Crippen LogP contribution in [0.3, 0.4) is 0 Å². The van der Waals surface area contributed by atoms with E-state index in [0.717, 1.165) is 17.7 Å². The molecule has 1 aliphatic carbocycles. The van der Waals surface area contributed by atoms with E-state index in [1.807, 2.05) is 11.8 Å². The lowest BCUT2D eigenvalue weighted by Crippen LogP contribution is -2.44. The molecule has 1 aliphatic heterocycles. The fourth-order valence-electron chi connectivity index (χ4n) is 4.08. The standard InChI is InChI=1S/C20H32N2OS/c1-14-11-16(8-10-18(14)13-23-3)7-9-17-5-4-6-19(17)22-20-21-12-15(2)24-20/h8,10-11,15,17,19-22H,4-7,9,12-13H2,1-3H3. The van der Waals surface area contributed by atoms with E-state index in [9.17, 15) is 0 Å². The van der Waals surface area contributed by atoms with Crippen LogP contribution in [-0.2, 0) is 17.8 Å². The van der Waals surface area contributed by atoms with Crippen LogP contribution >= 0.6 is 11.8 Å². The van der Waals surface area contributed by atoms with Crippen molar-refractivity contribution in [1.29, 1.82) is 0 Å². The van der Waals surface area contributed by atoms with Gasteiger partial charge in [0.1, 0.15) is 5.50 Å². The minimum Gasteiger partial charge on any atom is -0.380 e. The van der Waals surface area contributed by atoms with E-state index in [2.05, 4.69) is 42.7 Å². The highest BCUT2D eigenvalue weighted by atomic mass is 32.2. The molecule has 0 spiro atoms. The van der Waals surface area contributed by atoms with Crippen LogP contribution < -0.4 is 10.6 Å². The molecule has 24 heavy (non-hydrogen) atoms. The summed E-state index contributed by atoms with van der Waals surface area (Å²) < 4.78 is 5.26. The van der Waals surface area contributed by atoms with E-state index < -0.39 is 0 Å². The maximum atomic E-state index is 5.26. The quantitative estimate of drug-likeness (QED) is 0.784. The minimum absolute atomic E-state index is 0.459. The molecule has 0 bridgehead atoms. The second kappa shape index (κ2) is 8.70. The van der Waals surface area contributed by atoms with Crippen LogP contribution in [0.4, 0.5) is 0 Å². The van der Waals surface area contributed by atoms with Crippen molar-refractivity contribution in [3.05, 3.63) is 34.9 Å². The number of hydrogen-bond acceptors (Lipinski definition) is 4. The van der Waals surface area contributed by atoms with Crippen LogP contribution in [0.15, 0.2) is 18.2 Å². The van der Waals surface area contributed by atoms with Gasteiger partial charge in [0, 0.05) is 24.9 Å². The third kappa shape index (κ3) is 4.75. The van der Waals surface area contributed by atoms with Gasteiger partial charge < -0.3 is 4.74 Å². The number of thioether (sulfide) groups is 1. The Hall–Kier alpha value is -0.550. The van der Waals surface area contributed by atoms with Crippen LogP contribution in [0.25, 0.3) is 0 Å². The third-order valence-electron chi connectivity index (χ3n) is 5.49. The van der Waals surface area contributed by atoms with Crippen molar-refractivity contribution in [2.45, 2.75) is 69.3 Å². The highest BCUT2D eigenvalue weighted by Crippen LogP contribution is 2.32. The first-order valence-electron chi connectivity index (χ1n) is 9.38. The van der Waals surface area contributed by atoms with Crippen LogP contribution in [0.1, 0.15) is 49.3 Å². The van der Waals surface area contributed by atoms with Crippen molar-refractivity contribution in [2.24, 2.45) is 5.92 Å². The van der Waals surface area contributed by atoms with Crippen molar-refractivity contribution < 1.29 is 4.74 Å². The molecule has 4 unspecified atom stereocenters. The predicted molar refractivity (Wildman–Crippen MR) is 103 cm³/mol. The molecule has 3 nitrogen and oxygen atoms in total. The Morgan fingerprint density at radius 2 is 2.21 bits per heavy atom. The lowest BCUT2D eigenvalue weighted by Gasteiger charge is -2.24. The van der Waals surface area contributed by atoms with Crippen LogP contribution in [0, 0.1) is 12.8 Å². The number of rotatable bonds is 7. The van der Waals surface area contributed by atoms with Crippen molar-refractivity contribution in [3.8, 4) is 0 Å². The summed E-state index contributed by atoms with van der Waals surface area (Å²) in [6.07, 6.45) is 6.59. The van der Waals surface area contributed by atoms with Crippen LogP contribution in [0.5, 0.6) is 0 Å². The lowest BCUT2D eigenvalue weighted by atomic mass is 9.94. The molecule has 0 radical (unpaired) electrons. The first-order chi connectivity index (χ1) is 11.7. The highest BCUT2D eigenvalue weighted by molar-refractivity contribution is 8.00. The number of benzene rings is 1. The van der Waals surface area contributed by atoms with Gasteiger partial charge >= 0.3 is 0 Å². The molecule has 3 rings (SSSR count). The average molecular weight is 349 g/mol. The molecular formula is C20H32N2OS. The summed E-state index contributed by atoms with van der Waals surface area (Å²) in [5.74, 6) is 0.822.